The molecular weight excluding hydrogens is 500 g/mol. The van der Waals surface area contributed by atoms with Gasteiger partial charge in [0.25, 0.3) is 0 Å². The molecule has 2 heterocycles. The lowest BCUT2D eigenvalue weighted by Crippen LogP contribution is -1.91. The van der Waals surface area contributed by atoms with Crippen LogP contribution in [0.2, 0.25) is 0 Å². The average Bonchev–Trinajstić information content (AvgIpc) is 3.40. The molecule has 9 rings (SSSR count). The molecule has 41 heavy (non-hydrogen) atoms. The molecule has 0 saturated carbocycles. The van der Waals surface area contributed by atoms with Gasteiger partial charge in [0.15, 0.2) is 0 Å². The first-order valence-electron chi connectivity index (χ1n) is 13.8. The van der Waals surface area contributed by atoms with Crippen LogP contribution in [0.25, 0.3) is 87.8 Å². The van der Waals surface area contributed by atoms with Gasteiger partial charge in [0.05, 0.1) is 16.4 Å². The maximum Gasteiger partial charge on any atom is 0.246 e. The van der Waals surface area contributed by atoms with Gasteiger partial charge < -0.3 is 4.42 Å². The van der Waals surface area contributed by atoms with Gasteiger partial charge in [0.2, 0.25) is 5.71 Å². The molecule has 0 aliphatic heterocycles. The first-order chi connectivity index (χ1) is 20.3. The van der Waals surface area contributed by atoms with Crippen LogP contribution in [-0.4, -0.2) is 9.97 Å². The van der Waals surface area contributed by atoms with E-state index in [1.807, 2.05) is 30.3 Å². The Kier molecular flexibility index (Phi) is 4.61. The number of benzene rings is 7. The third kappa shape index (κ3) is 3.26. The molecule has 0 saturated heterocycles. The molecule has 0 unspecified atom stereocenters. The number of hydrogen-bond acceptors (Lipinski definition) is 3. The Morgan fingerprint density at radius 3 is 1.71 bits per heavy atom. The number of fused-ring (bicyclic) bond motifs is 8. The van der Waals surface area contributed by atoms with Crippen molar-refractivity contribution in [1.82, 2.24) is 9.97 Å². The summed E-state index contributed by atoms with van der Waals surface area (Å²) in [7, 11) is 0. The smallest absolute Gasteiger partial charge is 0.246 e. The summed E-state index contributed by atoms with van der Waals surface area (Å²) >= 11 is 0. The lowest BCUT2D eigenvalue weighted by Gasteiger charge is -2.18. The second kappa shape index (κ2) is 8.48. The fraction of sp³-hybridized carbons (Fsp3) is 0. The van der Waals surface area contributed by atoms with E-state index in [-0.39, 0.29) is 0 Å². The van der Waals surface area contributed by atoms with Crippen LogP contribution in [0, 0.1) is 0 Å². The molecule has 0 atom stereocenters. The van der Waals surface area contributed by atoms with E-state index in [0.29, 0.717) is 5.71 Å². The molecule has 0 aliphatic carbocycles. The zero-order valence-corrected chi connectivity index (χ0v) is 22.0. The third-order valence-corrected chi connectivity index (χ3v) is 8.25. The van der Waals surface area contributed by atoms with Crippen molar-refractivity contribution in [2.75, 3.05) is 0 Å². The number of para-hydroxylation sites is 2. The minimum atomic E-state index is 0.573. The largest absolute Gasteiger partial charge is 0.436 e. The fourth-order valence-corrected chi connectivity index (χ4v) is 6.47. The molecule has 0 bridgehead atoms. The molecule has 190 valence electrons. The van der Waals surface area contributed by atoms with Gasteiger partial charge in [-0.3, -0.25) is 0 Å². The van der Waals surface area contributed by atoms with Crippen molar-refractivity contribution < 1.29 is 4.42 Å². The van der Waals surface area contributed by atoms with Crippen molar-refractivity contribution in [3.8, 4) is 22.3 Å². The normalized spacial score (nSPS) is 11.9. The topological polar surface area (TPSA) is 38.9 Å². The lowest BCUT2D eigenvalue weighted by molar-refractivity contribution is 0.655. The predicted octanol–water partition coefficient (Wildman–Crippen LogP) is 10.3. The summed E-state index contributed by atoms with van der Waals surface area (Å²) in [4.78, 5) is 9.72. The van der Waals surface area contributed by atoms with Crippen molar-refractivity contribution >= 4 is 65.6 Å². The zero-order chi connectivity index (χ0) is 26.9. The average molecular weight is 523 g/mol. The molecular formula is C38H22N2O. The highest BCUT2D eigenvalue weighted by Crippen LogP contribution is 2.44. The van der Waals surface area contributed by atoms with E-state index in [1.165, 1.54) is 43.8 Å². The van der Waals surface area contributed by atoms with E-state index in [0.717, 1.165) is 38.3 Å². The van der Waals surface area contributed by atoms with E-state index in [1.54, 1.807) is 0 Å². The van der Waals surface area contributed by atoms with E-state index >= 15 is 0 Å². The van der Waals surface area contributed by atoms with Crippen LogP contribution in [0.15, 0.2) is 138 Å². The Hall–Kier alpha value is -5.54. The Morgan fingerprint density at radius 1 is 0.439 bits per heavy atom. The Balaban J connectivity index is 1.35. The summed E-state index contributed by atoms with van der Waals surface area (Å²) in [6.45, 7) is 0. The number of rotatable bonds is 2. The Morgan fingerprint density at radius 2 is 1.02 bits per heavy atom. The highest BCUT2D eigenvalue weighted by atomic mass is 16.3. The van der Waals surface area contributed by atoms with Crippen molar-refractivity contribution in [2.45, 2.75) is 0 Å². The Labute approximate surface area is 235 Å². The molecule has 3 heteroatoms. The summed E-state index contributed by atoms with van der Waals surface area (Å²) in [5, 5.41) is 8.28. The van der Waals surface area contributed by atoms with Gasteiger partial charge >= 0.3 is 0 Å². The van der Waals surface area contributed by atoms with Crippen LogP contribution in [0.1, 0.15) is 0 Å². The molecule has 0 fully saturated rings. The molecule has 0 aliphatic rings. The summed E-state index contributed by atoms with van der Waals surface area (Å²) in [6.07, 6.45) is 0. The van der Waals surface area contributed by atoms with E-state index < -0.39 is 0 Å². The van der Waals surface area contributed by atoms with Gasteiger partial charge in [-0.25, -0.2) is 9.97 Å². The van der Waals surface area contributed by atoms with Gasteiger partial charge in [-0.2, -0.15) is 0 Å². The highest BCUT2D eigenvalue weighted by molar-refractivity contribution is 6.23. The number of hydrogen-bond donors (Lipinski definition) is 0. The molecule has 0 N–H and O–H groups in total. The minimum absolute atomic E-state index is 0.573. The SMILES string of the molecule is c1ccc(-c2c3ccccc3c(-c3ccc4c(ccc5oc6nc7ccccc7nc6c54)c3)c3ccccc23)cc1. The first kappa shape index (κ1) is 22.3. The molecule has 7 aromatic carbocycles. The summed E-state index contributed by atoms with van der Waals surface area (Å²) in [6, 6.07) is 47.2. The van der Waals surface area contributed by atoms with Crippen LogP contribution in [-0.2, 0) is 0 Å². The number of furan rings is 1. The van der Waals surface area contributed by atoms with E-state index in [4.69, 9.17) is 14.4 Å². The maximum absolute atomic E-state index is 6.18. The van der Waals surface area contributed by atoms with E-state index in [2.05, 4.69) is 103 Å². The molecule has 0 amide bonds. The van der Waals surface area contributed by atoms with Crippen LogP contribution in [0.3, 0.4) is 0 Å². The van der Waals surface area contributed by atoms with Gasteiger partial charge in [-0.15, -0.1) is 0 Å². The summed E-state index contributed by atoms with van der Waals surface area (Å²) in [5.74, 6) is 0. The number of aromatic nitrogens is 2. The van der Waals surface area contributed by atoms with Crippen molar-refractivity contribution in [1.29, 1.82) is 0 Å². The predicted molar refractivity (Wildman–Crippen MR) is 170 cm³/mol. The quantitative estimate of drug-likeness (QED) is 0.212. The fourth-order valence-electron chi connectivity index (χ4n) is 6.47. The van der Waals surface area contributed by atoms with Crippen LogP contribution in [0.5, 0.6) is 0 Å². The second-order valence-corrected chi connectivity index (χ2v) is 10.5. The maximum atomic E-state index is 6.18. The Bertz CT molecular complexity index is 2420. The van der Waals surface area contributed by atoms with Crippen molar-refractivity contribution in [3.63, 3.8) is 0 Å². The molecule has 3 nitrogen and oxygen atoms in total. The van der Waals surface area contributed by atoms with Crippen LogP contribution in [0.4, 0.5) is 0 Å². The molecule has 9 aromatic rings. The number of nitrogens with zero attached hydrogens (tertiary/aromatic N) is 2. The molecule has 0 spiro atoms. The minimum Gasteiger partial charge on any atom is -0.436 e. The molecule has 0 radical (unpaired) electrons. The van der Waals surface area contributed by atoms with Gasteiger partial charge in [-0.05, 0) is 78.8 Å². The monoisotopic (exact) mass is 522 g/mol. The lowest BCUT2D eigenvalue weighted by atomic mass is 9.85. The van der Waals surface area contributed by atoms with Crippen LogP contribution < -0.4 is 0 Å². The zero-order valence-electron chi connectivity index (χ0n) is 22.0. The van der Waals surface area contributed by atoms with Gasteiger partial charge in [0, 0.05) is 0 Å². The van der Waals surface area contributed by atoms with Crippen molar-refractivity contribution in [3.05, 3.63) is 133 Å². The van der Waals surface area contributed by atoms with Gasteiger partial charge in [-0.1, -0.05) is 109 Å². The van der Waals surface area contributed by atoms with Crippen molar-refractivity contribution in [2.24, 2.45) is 0 Å². The molecule has 2 aromatic heterocycles. The summed E-state index contributed by atoms with van der Waals surface area (Å²) in [5.41, 5.74) is 8.83. The standard InChI is InChI=1S/C38H22N2O/c1-2-10-23(11-3-1)34-27-12-4-6-14-29(27)35(30-15-7-5-13-28(30)34)25-18-20-26-24(22-25)19-21-33-36(26)37-38(41-33)40-32-17-9-8-16-31(32)39-37/h1-22H. The van der Waals surface area contributed by atoms with E-state index in [9.17, 15) is 0 Å². The third-order valence-electron chi connectivity index (χ3n) is 8.25. The highest BCUT2D eigenvalue weighted by Gasteiger charge is 2.18. The van der Waals surface area contributed by atoms with Gasteiger partial charge in [0.1, 0.15) is 11.1 Å². The first-order valence-corrected chi connectivity index (χ1v) is 13.8. The second-order valence-electron chi connectivity index (χ2n) is 10.5. The van der Waals surface area contributed by atoms with Crippen LogP contribution >= 0.6 is 0 Å². The summed E-state index contributed by atoms with van der Waals surface area (Å²) < 4.78 is 6.18.